The van der Waals surface area contributed by atoms with Crippen LogP contribution in [0.5, 0.6) is 5.75 Å². The van der Waals surface area contributed by atoms with Gasteiger partial charge in [-0.1, -0.05) is 24.8 Å². The molecule has 0 radical (unpaired) electrons. The van der Waals surface area contributed by atoms with E-state index >= 15 is 0 Å². The molecule has 0 bridgehead atoms. The number of ether oxygens (including phenoxy) is 1. The number of rotatable bonds is 6. The van der Waals surface area contributed by atoms with E-state index in [0.717, 1.165) is 38.2 Å². The summed E-state index contributed by atoms with van der Waals surface area (Å²) in [6.45, 7) is 4.11. The summed E-state index contributed by atoms with van der Waals surface area (Å²) in [4.78, 5) is 27.2. The van der Waals surface area contributed by atoms with Crippen molar-refractivity contribution < 1.29 is 14.3 Å². The summed E-state index contributed by atoms with van der Waals surface area (Å²) in [6.07, 6.45) is 0. The lowest BCUT2D eigenvalue weighted by Crippen LogP contribution is -2.30. The molecule has 5 rings (SSSR count). The zero-order chi connectivity index (χ0) is 22.4. The number of thiophene rings is 1. The van der Waals surface area contributed by atoms with E-state index in [9.17, 15) is 9.59 Å². The monoisotopic (exact) mass is 444 g/mol. The van der Waals surface area contributed by atoms with Gasteiger partial charge in [0.2, 0.25) is 5.91 Å². The van der Waals surface area contributed by atoms with Crippen LogP contribution < -0.4 is 10.5 Å². The van der Waals surface area contributed by atoms with Crippen molar-refractivity contribution in [3.8, 4) is 27.4 Å². The Bertz CT molecular complexity index is 1390. The fraction of sp³-hybridized carbons (Fsp3) is 0.125. The number of hydrogen-bond acceptors (Lipinski definition) is 5. The van der Waals surface area contributed by atoms with Crippen LogP contribution in [-0.2, 0) is 11.3 Å². The van der Waals surface area contributed by atoms with Crippen molar-refractivity contribution in [1.82, 2.24) is 15.1 Å². The molecule has 0 unspecified atom stereocenters. The lowest BCUT2D eigenvalue weighted by Gasteiger charge is -2.15. The number of aromatic amines is 1. The van der Waals surface area contributed by atoms with Crippen LogP contribution in [0.25, 0.3) is 32.6 Å². The topological polar surface area (TPSA) is 101 Å². The van der Waals surface area contributed by atoms with E-state index in [0.29, 0.717) is 17.9 Å². The number of amides is 2. The number of fused-ring (bicyclic) bond motifs is 2. The summed E-state index contributed by atoms with van der Waals surface area (Å²) in [7, 11) is 1.54. The summed E-state index contributed by atoms with van der Waals surface area (Å²) in [6, 6.07) is 13.9. The van der Waals surface area contributed by atoms with E-state index in [2.05, 4.69) is 22.8 Å². The van der Waals surface area contributed by atoms with Gasteiger partial charge >= 0.3 is 0 Å². The van der Waals surface area contributed by atoms with Gasteiger partial charge in [-0.05, 0) is 46.3 Å². The normalized spacial score (nSPS) is 12.9. The van der Waals surface area contributed by atoms with Gasteiger partial charge in [0.15, 0.2) is 0 Å². The second-order valence-corrected chi connectivity index (χ2v) is 8.56. The molecule has 0 spiro atoms. The number of primary amides is 1. The van der Waals surface area contributed by atoms with E-state index in [4.69, 9.17) is 10.5 Å². The van der Waals surface area contributed by atoms with Crippen molar-refractivity contribution in [2.75, 3.05) is 13.7 Å². The molecule has 7 nitrogen and oxygen atoms in total. The molecule has 0 saturated heterocycles. The predicted octanol–water partition coefficient (Wildman–Crippen LogP) is 3.96. The maximum atomic E-state index is 13.1. The van der Waals surface area contributed by atoms with Gasteiger partial charge in [0.1, 0.15) is 11.4 Å². The minimum atomic E-state index is -0.618. The number of nitrogens with zero attached hydrogens (tertiary/aromatic N) is 2. The van der Waals surface area contributed by atoms with Crippen LogP contribution in [0.3, 0.4) is 0 Å². The Morgan fingerprint density at radius 2 is 2.16 bits per heavy atom. The van der Waals surface area contributed by atoms with Crippen LogP contribution in [-0.4, -0.2) is 40.6 Å². The molecule has 1 aliphatic heterocycles. The first-order valence-corrected chi connectivity index (χ1v) is 10.8. The Kier molecular flexibility index (Phi) is 4.79. The highest BCUT2D eigenvalue weighted by molar-refractivity contribution is 7.13. The van der Waals surface area contributed by atoms with Crippen LogP contribution in [0.15, 0.2) is 60.0 Å². The van der Waals surface area contributed by atoms with E-state index in [-0.39, 0.29) is 18.0 Å². The number of hydrogen-bond donors (Lipinski definition) is 2. The summed E-state index contributed by atoms with van der Waals surface area (Å²) >= 11 is 1.63. The van der Waals surface area contributed by atoms with Crippen molar-refractivity contribution in [2.24, 2.45) is 5.73 Å². The molecule has 0 saturated carbocycles. The third-order valence-electron chi connectivity index (χ3n) is 5.70. The molecule has 32 heavy (non-hydrogen) atoms. The van der Waals surface area contributed by atoms with Crippen LogP contribution in [0.4, 0.5) is 0 Å². The van der Waals surface area contributed by atoms with Crippen LogP contribution in [0.1, 0.15) is 15.9 Å². The van der Waals surface area contributed by atoms with Gasteiger partial charge in [0, 0.05) is 17.5 Å². The molecule has 3 N–H and O–H groups in total. The lowest BCUT2D eigenvalue weighted by atomic mass is 9.95. The Morgan fingerprint density at radius 3 is 2.88 bits per heavy atom. The van der Waals surface area contributed by atoms with Gasteiger partial charge in [0.05, 0.1) is 29.6 Å². The van der Waals surface area contributed by atoms with Crippen molar-refractivity contribution in [1.29, 1.82) is 0 Å². The minimum absolute atomic E-state index is 0.0781. The van der Waals surface area contributed by atoms with Crippen molar-refractivity contribution in [3.63, 3.8) is 0 Å². The quantitative estimate of drug-likeness (QED) is 0.440. The summed E-state index contributed by atoms with van der Waals surface area (Å²) in [5.74, 6) is -0.318. The minimum Gasteiger partial charge on any atom is -0.496 e. The van der Waals surface area contributed by atoms with E-state index in [1.54, 1.807) is 29.4 Å². The highest BCUT2D eigenvalue weighted by Crippen LogP contribution is 2.40. The second-order valence-electron chi connectivity index (χ2n) is 7.61. The molecule has 2 amide bonds. The highest BCUT2D eigenvalue weighted by Gasteiger charge is 2.33. The maximum absolute atomic E-state index is 13.1. The van der Waals surface area contributed by atoms with Gasteiger partial charge < -0.3 is 15.4 Å². The smallest absolute Gasteiger partial charge is 0.258 e. The maximum Gasteiger partial charge on any atom is 0.258 e. The van der Waals surface area contributed by atoms with Crippen LogP contribution in [0.2, 0.25) is 0 Å². The molecule has 160 valence electrons. The van der Waals surface area contributed by atoms with E-state index in [1.165, 1.54) is 0 Å². The first-order valence-electron chi connectivity index (χ1n) is 9.97. The molecule has 2 aromatic carbocycles. The first-order chi connectivity index (χ1) is 15.5. The molecule has 4 aromatic rings. The number of H-pyrrole nitrogens is 1. The number of aromatic nitrogens is 2. The number of methoxy groups -OCH3 is 1. The molecule has 2 aromatic heterocycles. The number of nitrogens with one attached hydrogen (secondary N) is 1. The zero-order valence-electron chi connectivity index (χ0n) is 17.3. The molecule has 0 atom stereocenters. The molecule has 1 aliphatic rings. The fourth-order valence-electron chi connectivity index (χ4n) is 4.11. The second kappa shape index (κ2) is 7.65. The molecule has 0 fully saturated rings. The fourth-order valence-corrected chi connectivity index (χ4v) is 4.83. The molecule has 3 heterocycles. The third kappa shape index (κ3) is 3.16. The van der Waals surface area contributed by atoms with Crippen molar-refractivity contribution >= 4 is 34.1 Å². The van der Waals surface area contributed by atoms with Gasteiger partial charge in [0.25, 0.3) is 5.91 Å². The Balaban J connectivity index is 1.61. The van der Waals surface area contributed by atoms with Crippen LogP contribution >= 0.6 is 11.3 Å². The molecular weight excluding hydrogens is 424 g/mol. The summed E-state index contributed by atoms with van der Waals surface area (Å²) < 4.78 is 5.47. The molecule has 0 aliphatic carbocycles. The average molecular weight is 445 g/mol. The number of benzene rings is 2. The van der Waals surface area contributed by atoms with Gasteiger partial charge in [-0.15, -0.1) is 11.3 Å². The number of carbonyl (C=O) groups is 2. The largest absolute Gasteiger partial charge is 0.496 e. The average Bonchev–Trinajstić information content (AvgIpc) is 3.52. The first kappa shape index (κ1) is 20.0. The van der Waals surface area contributed by atoms with Gasteiger partial charge in [-0.2, -0.15) is 5.10 Å². The number of nitrogens with two attached hydrogens (primary N) is 1. The van der Waals surface area contributed by atoms with Crippen molar-refractivity contribution in [3.05, 3.63) is 71.1 Å². The summed E-state index contributed by atoms with van der Waals surface area (Å²) in [5.41, 5.74) is 10.6. The van der Waals surface area contributed by atoms with Crippen LogP contribution in [0, 0.1) is 0 Å². The van der Waals surface area contributed by atoms with Gasteiger partial charge in [-0.3, -0.25) is 14.7 Å². The third-order valence-corrected chi connectivity index (χ3v) is 6.58. The Labute approximate surface area is 188 Å². The molecular formula is C24H20N4O3S. The standard InChI is InChI=1S/C24H20N4O3S/c1-13(23(25)29)11-28-12-17-15(6-8-19(31-2)21(17)24(28)30)14-5-7-18-16(10-14)22(27-26-18)20-4-3-9-32-20/h3-10H,1,11-12H2,2H3,(H2,25,29)(H,26,27). The highest BCUT2D eigenvalue weighted by atomic mass is 32.1. The summed E-state index contributed by atoms with van der Waals surface area (Å²) in [5, 5.41) is 10.6. The SMILES string of the molecule is C=C(CN1Cc2c(-c3ccc4[nH]nc(-c5cccs5)c4c3)ccc(OC)c2C1=O)C(N)=O. The van der Waals surface area contributed by atoms with Crippen molar-refractivity contribution in [2.45, 2.75) is 6.54 Å². The Morgan fingerprint density at radius 1 is 1.31 bits per heavy atom. The Hall–Kier alpha value is -3.91. The van der Waals surface area contributed by atoms with E-state index < -0.39 is 5.91 Å². The van der Waals surface area contributed by atoms with E-state index in [1.807, 2.05) is 35.7 Å². The van der Waals surface area contributed by atoms with Gasteiger partial charge in [-0.25, -0.2) is 0 Å². The lowest BCUT2D eigenvalue weighted by molar-refractivity contribution is -0.114. The predicted molar refractivity (Wildman–Crippen MR) is 124 cm³/mol. The molecule has 8 heteroatoms. The number of carbonyl (C=O) groups excluding carboxylic acids is 2. The zero-order valence-corrected chi connectivity index (χ0v) is 18.2.